The highest BCUT2D eigenvalue weighted by atomic mass is 127. The molecule has 1 aromatic heterocycles. The van der Waals surface area contributed by atoms with Crippen LogP contribution in [0, 0.1) is 0 Å². The monoisotopic (exact) mass is 438 g/mol. The Bertz CT molecular complexity index is 863. The third kappa shape index (κ3) is 3.05. The minimum absolute atomic E-state index is 0.113. The molecule has 0 bridgehead atoms. The Kier molecular flexibility index (Phi) is 4.65. The van der Waals surface area contributed by atoms with Crippen molar-refractivity contribution in [3.05, 3.63) is 58.3 Å². The Balaban J connectivity index is 2.07. The van der Waals surface area contributed by atoms with Gasteiger partial charge in [0.1, 0.15) is 11.3 Å². The van der Waals surface area contributed by atoms with Crippen molar-refractivity contribution < 1.29 is 9.90 Å². The summed E-state index contributed by atoms with van der Waals surface area (Å²) in [5, 5.41) is 13.7. The van der Waals surface area contributed by atoms with E-state index in [9.17, 15) is 9.59 Å². The highest BCUT2D eigenvalue weighted by Gasteiger charge is 2.26. The summed E-state index contributed by atoms with van der Waals surface area (Å²) in [5.41, 5.74) is 0.717. The molecule has 0 saturated heterocycles. The normalized spacial score (nSPS) is 18.2. The molecule has 124 valence electrons. The number of hydrogen-bond donors (Lipinski definition) is 1. The molecule has 1 atom stereocenters. The molecule has 0 spiro atoms. The number of rotatable bonds is 3. The Morgan fingerprint density at radius 1 is 1.42 bits per heavy atom. The predicted molar refractivity (Wildman–Crippen MR) is 98.9 cm³/mol. The van der Waals surface area contributed by atoms with Crippen molar-refractivity contribution in [2.24, 2.45) is 5.10 Å². The van der Waals surface area contributed by atoms with E-state index >= 15 is 0 Å². The number of para-hydroxylation sites is 1. The Morgan fingerprint density at radius 2 is 2.12 bits per heavy atom. The molecule has 7 nitrogen and oxygen atoms in total. The quantitative estimate of drug-likeness (QED) is 0.453. The van der Waals surface area contributed by atoms with Gasteiger partial charge in [-0.2, -0.15) is 5.10 Å². The van der Waals surface area contributed by atoms with Crippen LogP contribution >= 0.6 is 22.9 Å². The van der Waals surface area contributed by atoms with Gasteiger partial charge in [-0.1, -0.05) is 18.2 Å². The Labute approximate surface area is 152 Å². The lowest BCUT2D eigenvalue weighted by atomic mass is 10.0. The maximum Gasteiger partial charge on any atom is 0.342 e. The van der Waals surface area contributed by atoms with Crippen molar-refractivity contribution >= 4 is 40.2 Å². The molecule has 0 radical (unpaired) electrons. The van der Waals surface area contributed by atoms with Gasteiger partial charge in [-0.25, -0.2) is 13.0 Å². The van der Waals surface area contributed by atoms with E-state index in [0.29, 0.717) is 24.4 Å². The number of hydrogen-bond acceptors (Lipinski definition) is 5. The van der Waals surface area contributed by atoms with E-state index in [1.54, 1.807) is 3.22 Å². The van der Waals surface area contributed by atoms with Crippen molar-refractivity contribution in [1.29, 1.82) is 0 Å². The summed E-state index contributed by atoms with van der Waals surface area (Å²) in [6.07, 6.45) is 2.49. The topological polar surface area (TPSA) is 87.8 Å². The molecule has 1 aromatic carbocycles. The molecule has 0 aliphatic carbocycles. The molecular weight excluding hydrogens is 423 g/mol. The van der Waals surface area contributed by atoms with Gasteiger partial charge in [0.15, 0.2) is 5.82 Å². The summed E-state index contributed by atoms with van der Waals surface area (Å²) in [6.45, 7) is 1.88. The summed E-state index contributed by atoms with van der Waals surface area (Å²) >= 11 is 2.08. The number of aromatic carboxylic acids is 1. The van der Waals surface area contributed by atoms with E-state index in [1.807, 2.05) is 37.3 Å². The first-order valence-corrected chi connectivity index (χ1v) is 8.39. The number of carboxylic acids is 1. The maximum atomic E-state index is 12.4. The molecule has 0 fully saturated rings. The highest BCUT2D eigenvalue weighted by molar-refractivity contribution is 14.1. The Hall–Kier alpha value is -2.23. The number of aromatic nitrogens is 2. The second kappa shape index (κ2) is 6.71. The average Bonchev–Trinajstić information content (AvgIpc) is 2.57. The maximum absolute atomic E-state index is 12.4. The van der Waals surface area contributed by atoms with Crippen molar-refractivity contribution in [1.82, 2.24) is 9.55 Å². The van der Waals surface area contributed by atoms with Gasteiger partial charge >= 0.3 is 5.97 Å². The van der Waals surface area contributed by atoms with E-state index in [-0.39, 0.29) is 11.6 Å². The van der Waals surface area contributed by atoms with Crippen LogP contribution in [0.3, 0.4) is 0 Å². The SMILES string of the molecule is CC1CCC(=NN(I)c2ccccc2)c2ncc(C(=O)O)c(=O)n21. The molecule has 2 aromatic rings. The third-order valence-electron chi connectivity index (χ3n) is 3.90. The van der Waals surface area contributed by atoms with Crippen molar-refractivity contribution in [2.75, 3.05) is 3.22 Å². The van der Waals surface area contributed by atoms with Crippen molar-refractivity contribution in [2.45, 2.75) is 25.8 Å². The Morgan fingerprint density at radius 3 is 2.79 bits per heavy atom. The van der Waals surface area contributed by atoms with Crippen LogP contribution < -0.4 is 8.78 Å². The molecule has 3 rings (SSSR count). The second-order valence-corrected chi connectivity index (χ2v) is 6.42. The fraction of sp³-hybridized carbons (Fsp3) is 0.250. The van der Waals surface area contributed by atoms with Crippen LogP contribution in [0.5, 0.6) is 0 Å². The van der Waals surface area contributed by atoms with Gasteiger partial charge in [0.25, 0.3) is 5.56 Å². The molecular formula is C16H15IN4O3. The van der Waals surface area contributed by atoms with E-state index in [4.69, 9.17) is 5.11 Å². The third-order valence-corrected chi connectivity index (χ3v) is 4.67. The number of carboxylic acid groups (broad SMARTS) is 1. The van der Waals surface area contributed by atoms with Crippen LogP contribution in [-0.4, -0.2) is 26.3 Å². The molecule has 1 aliphatic heterocycles. The molecule has 0 saturated carbocycles. The molecule has 2 heterocycles. The number of hydrazone groups is 1. The minimum atomic E-state index is -1.26. The first-order chi connectivity index (χ1) is 11.5. The number of benzene rings is 1. The van der Waals surface area contributed by atoms with E-state index in [2.05, 4.69) is 32.9 Å². The molecule has 8 heteroatoms. The largest absolute Gasteiger partial charge is 0.477 e. The fourth-order valence-electron chi connectivity index (χ4n) is 2.63. The van der Waals surface area contributed by atoms with Gasteiger partial charge in [0.2, 0.25) is 0 Å². The van der Waals surface area contributed by atoms with Crippen LogP contribution in [0.2, 0.25) is 0 Å². The molecule has 1 aliphatic rings. The van der Waals surface area contributed by atoms with Crippen molar-refractivity contribution in [3.63, 3.8) is 0 Å². The standard InChI is InChI=1S/C16H15IN4O3/c1-10-7-8-13(19-21(17)11-5-3-2-4-6-11)14-18-9-12(16(23)24)15(22)20(10)14/h2-6,9-10H,7-8H2,1H3,(H,23,24). The number of fused-ring (bicyclic) bond motifs is 1. The number of carbonyl (C=O) groups is 1. The van der Waals surface area contributed by atoms with Crippen molar-refractivity contribution in [3.8, 4) is 0 Å². The lowest BCUT2D eigenvalue weighted by molar-refractivity contribution is 0.0693. The molecule has 1 N–H and O–H groups in total. The van der Waals surface area contributed by atoms with Gasteiger partial charge in [-0.15, -0.1) is 0 Å². The first-order valence-electron chi connectivity index (χ1n) is 7.42. The van der Waals surface area contributed by atoms with Gasteiger partial charge in [0, 0.05) is 12.2 Å². The van der Waals surface area contributed by atoms with Crippen LogP contribution in [0.1, 0.15) is 42.0 Å². The zero-order valence-electron chi connectivity index (χ0n) is 12.9. The molecule has 24 heavy (non-hydrogen) atoms. The first kappa shape index (κ1) is 16.6. The molecule has 0 amide bonds. The highest BCUT2D eigenvalue weighted by Crippen LogP contribution is 2.25. The summed E-state index contributed by atoms with van der Waals surface area (Å²) < 4.78 is 3.13. The lowest BCUT2D eigenvalue weighted by Crippen LogP contribution is -2.37. The predicted octanol–water partition coefficient (Wildman–Crippen LogP) is 2.86. The van der Waals surface area contributed by atoms with E-state index < -0.39 is 11.5 Å². The number of anilines is 1. The zero-order chi connectivity index (χ0) is 17.3. The zero-order valence-corrected chi connectivity index (χ0v) is 15.0. The fourth-order valence-corrected chi connectivity index (χ4v) is 3.22. The minimum Gasteiger partial charge on any atom is -0.477 e. The smallest absolute Gasteiger partial charge is 0.342 e. The summed E-state index contributed by atoms with van der Waals surface area (Å²) in [7, 11) is 0. The molecule has 1 unspecified atom stereocenters. The van der Waals surface area contributed by atoms with Gasteiger partial charge in [-0.05, 0) is 31.9 Å². The summed E-state index contributed by atoms with van der Waals surface area (Å²) in [6, 6.07) is 9.50. The van der Waals surface area contributed by atoms with Crippen LogP contribution in [-0.2, 0) is 0 Å². The average molecular weight is 438 g/mol. The lowest BCUT2D eigenvalue weighted by Gasteiger charge is -2.26. The van der Waals surface area contributed by atoms with Gasteiger partial charge < -0.3 is 5.11 Å². The number of nitrogens with zero attached hydrogens (tertiary/aromatic N) is 4. The van der Waals surface area contributed by atoms with Crippen LogP contribution in [0.15, 0.2) is 46.4 Å². The second-order valence-electron chi connectivity index (χ2n) is 5.51. The van der Waals surface area contributed by atoms with Crippen LogP contribution in [0.4, 0.5) is 5.69 Å². The van der Waals surface area contributed by atoms with E-state index in [0.717, 1.165) is 11.9 Å². The van der Waals surface area contributed by atoms with Gasteiger partial charge in [0.05, 0.1) is 28.6 Å². The van der Waals surface area contributed by atoms with Gasteiger partial charge in [-0.3, -0.25) is 9.36 Å². The summed E-state index contributed by atoms with van der Waals surface area (Å²) in [5.74, 6) is -0.833. The summed E-state index contributed by atoms with van der Waals surface area (Å²) in [4.78, 5) is 27.8. The van der Waals surface area contributed by atoms with Crippen LogP contribution in [0.25, 0.3) is 0 Å². The number of halogens is 1. The van der Waals surface area contributed by atoms with E-state index in [1.165, 1.54) is 4.57 Å².